The number of benzene rings is 1. The summed E-state index contributed by atoms with van der Waals surface area (Å²) in [7, 11) is 0. The van der Waals surface area contributed by atoms with Crippen molar-refractivity contribution in [3.63, 3.8) is 0 Å². The molecule has 2 amide bonds. The first-order chi connectivity index (χ1) is 10.0. The van der Waals surface area contributed by atoms with Gasteiger partial charge < -0.3 is 15.4 Å². The van der Waals surface area contributed by atoms with Crippen LogP contribution in [0.15, 0.2) is 24.3 Å². The Morgan fingerprint density at radius 3 is 2.57 bits per heavy atom. The van der Waals surface area contributed by atoms with Crippen LogP contribution >= 0.6 is 0 Å². The fourth-order valence-electron chi connectivity index (χ4n) is 1.51. The Balaban J connectivity index is 2.34. The van der Waals surface area contributed by atoms with Gasteiger partial charge in [0.25, 0.3) is 5.91 Å². The Kier molecular flexibility index (Phi) is 6.94. The molecule has 1 aromatic carbocycles. The highest BCUT2D eigenvalue weighted by atomic mass is 16.5. The molecule has 114 valence electrons. The van der Waals surface area contributed by atoms with Gasteiger partial charge in [-0.15, -0.1) is 0 Å². The van der Waals surface area contributed by atoms with Crippen molar-refractivity contribution in [2.75, 3.05) is 19.7 Å². The van der Waals surface area contributed by atoms with Gasteiger partial charge in [-0.2, -0.15) is 0 Å². The van der Waals surface area contributed by atoms with Crippen LogP contribution in [0, 0.1) is 0 Å². The molecule has 1 rings (SSSR count). The maximum Gasteiger partial charge on any atom is 0.258 e. The summed E-state index contributed by atoms with van der Waals surface area (Å²) in [4.78, 5) is 34.0. The van der Waals surface area contributed by atoms with Gasteiger partial charge in [0.15, 0.2) is 12.4 Å². The lowest BCUT2D eigenvalue weighted by atomic mass is 10.1. The molecule has 0 aliphatic heterocycles. The smallest absolute Gasteiger partial charge is 0.258 e. The molecule has 0 aromatic heterocycles. The van der Waals surface area contributed by atoms with E-state index in [1.165, 1.54) is 6.92 Å². The number of carbonyl (C=O) groups is 3. The van der Waals surface area contributed by atoms with Crippen LogP contribution in [-0.4, -0.2) is 37.3 Å². The van der Waals surface area contributed by atoms with Gasteiger partial charge in [0.05, 0.1) is 6.54 Å². The number of nitrogens with one attached hydrogen (secondary N) is 2. The monoisotopic (exact) mass is 292 g/mol. The zero-order valence-electron chi connectivity index (χ0n) is 12.3. The second-order valence-corrected chi connectivity index (χ2v) is 4.50. The Hall–Kier alpha value is -2.37. The summed E-state index contributed by atoms with van der Waals surface area (Å²) in [5.41, 5.74) is 0.520. The van der Waals surface area contributed by atoms with Crippen molar-refractivity contribution in [2.24, 2.45) is 0 Å². The van der Waals surface area contributed by atoms with Gasteiger partial charge >= 0.3 is 0 Å². The normalized spacial score (nSPS) is 9.81. The van der Waals surface area contributed by atoms with Crippen LogP contribution in [0.3, 0.4) is 0 Å². The van der Waals surface area contributed by atoms with Crippen LogP contribution in [0.25, 0.3) is 0 Å². The van der Waals surface area contributed by atoms with E-state index in [1.54, 1.807) is 24.3 Å². The summed E-state index contributed by atoms with van der Waals surface area (Å²) in [6.45, 7) is 3.71. The van der Waals surface area contributed by atoms with Gasteiger partial charge in [-0.1, -0.05) is 19.1 Å². The number of carbonyl (C=O) groups excluding carboxylic acids is 3. The molecular formula is C15H20N2O4. The molecule has 0 aliphatic rings. The van der Waals surface area contributed by atoms with Gasteiger partial charge in [0.2, 0.25) is 5.91 Å². The molecule has 0 atom stereocenters. The highest BCUT2D eigenvalue weighted by Gasteiger charge is 2.07. The molecule has 21 heavy (non-hydrogen) atoms. The standard InChI is InChI=1S/C15H20N2O4/c1-3-7-16-14(19)9-17-15(20)10-21-13-6-4-5-12(8-13)11(2)18/h4-6,8H,3,7,9-10H2,1-2H3,(H,16,19)(H,17,20). The number of rotatable bonds is 8. The third-order valence-corrected chi connectivity index (χ3v) is 2.63. The first-order valence-corrected chi connectivity index (χ1v) is 6.80. The van der Waals surface area contributed by atoms with Crippen molar-refractivity contribution in [1.82, 2.24) is 10.6 Å². The van der Waals surface area contributed by atoms with E-state index < -0.39 is 5.91 Å². The number of hydrogen-bond acceptors (Lipinski definition) is 4. The number of amides is 2. The van der Waals surface area contributed by atoms with Crippen molar-refractivity contribution in [2.45, 2.75) is 20.3 Å². The Labute approximate surface area is 123 Å². The molecule has 0 bridgehead atoms. The summed E-state index contributed by atoms with van der Waals surface area (Å²) in [5.74, 6) is -0.260. The van der Waals surface area contributed by atoms with Crippen LogP contribution in [0.5, 0.6) is 5.75 Å². The molecule has 0 unspecified atom stereocenters. The van der Waals surface area contributed by atoms with Gasteiger partial charge in [-0.05, 0) is 25.5 Å². The minimum absolute atomic E-state index is 0.0718. The minimum atomic E-state index is -0.394. The summed E-state index contributed by atoms with van der Waals surface area (Å²) in [5, 5.41) is 5.11. The fraction of sp³-hybridized carbons (Fsp3) is 0.400. The quantitative estimate of drug-likeness (QED) is 0.698. The molecule has 0 aliphatic carbocycles. The topological polar surface area (TPSA) is 84.5 Å². The van der Waals surface area contributed by atoms with E-state index in [2.05, 4.69) is 10.6 Å². The van der Waals surface area contributed by atoms with E-state index in [1.807, 2.05) is 6.92 Å². The lowest BCUT2D eigenvalue weighted by Gasteiger charge is -2.08. The molecule has 0 spiro atoms. The maximum atomic E-state index is 11.5. The van der Waals surface area contributed by atoms with Gasteiger partial charge in [0.1, 0.15) is 5.75 Å². The lowest BCUT2D eigenvalue weighted by Crippen LogP contribution is -2.39. The molecule has 0 saturated carbocycles. The Morgan fingerprint density at radius 1 is 1.14 bits per heavy atom. The Bertz CT molecular complexity index is 514. The Morgan fingerprint density at radius 2 is 1.90 bits per heavy atom. The number of hydrogen-bond donors (Lipinski definition) is 2. The molecule has 0 fully saturated rings. The zero-order valence-corrected chi connectivity index (χ0v) is 12.3. The molecule has 0 saturated heterocycles. The van der Waals surface area contributed by atoms with E-state index in [-0.39, 0.29) is 24.8 Å². The van der Waals surface area contributed by atoms with Crippen LogP contribution in [0.4, 0.5) is 0 Å². The third-order valence-electron chi connectivity index (χ3n) is 2.63. The summed E-state index contributed by atoms with van der Waals surface area (Å²) < 4.78 is 5.28. The number of ether oxygens (including phenoxy) is 1. The average molecular weight is 292 g/mol. The third kappa shape index (κ3) is 6.56. The van der Waals surface area contributed by atoms with E-state index in [9.17, 15) is 14.4 Å². The number of Topliss-reactive ketones (excluding diaryl/α,β-unsaturated/α-hetero) is 1. The van der Waals surface area contributed by atoms with Crippen LogP contribution < -0.4 is 15.4 Å². The first-order valence-electron chi connectivity index (χ1n) is 6.80. The molecule has 6 heteroatoms. The predicted octanol–water partition coefficient (Wildman–Crippen LogP) is 0.910. The molecular weight excluding hydrogens is 272 g/mol. The van der Waals surface area contributed by atoms with Gasteiger partial charge in [-0.3, -0.25) is 14.4 Å². The highest BCUT2D eigenvalue weighted by Crippen LogP contribution is 2.13. The lowest BCUT2D eigenvalue weighted by molar-refractivity contribution is -0.127. The molecule has 6 nitrogen and oxygen atoms in total. The van der Waals surface area contributed by atoms with E-state index >= 15 is 0 Å². The van der Waals surface area contributed by atoms with Gasteiger partial charge in [0, 0.05) is 12.1 Å². The highest BCUT2D eigenvalue weighted by molar-refractivity contribution is 5.94. The van der Waals surface area contributed by atoms with Crippen molar-refractivity contribution in [3.05, 3.63) is 29.8 Å². The van der Waals surface area contributed by atoms with Crippen molar-refractivity contribution in [3.8, 4) is 5.75 Å². The van der Waals surface area contributed by atoms with E-state index in [4.69, 9.17) is 4.74 Å². The molecule has 2 N–H and O–H groups in total. The maximum absolute atomic E-state index is 11.5. The zero-order chi connectivity index (χ0) is 15.7. The van der Waals surface area contributed by atoms with Crippen molar-refractivity contribution in [1.29, 1.82) is 0 Å². The summed E-state index contributed by atoms with van der Waals surface area (Å²) in [6.07, 6.45) is 0.843. The van der Waals surface area contributed by atoms with Gasteiger partial charge in [-0.25, -0.2) is 0 Å². The fourth-order valence-corrected chi connectivity index (χ4v) is 1.51. The van der Waals surface area contributed by atoms with Crippen LogP contribution in [0.2, 0.25) is 0 Å². The second kappa shape index (κ2) is 8.73. The van der Waals surface area contributed by atoms with Crippen LogP contribution in [0.1, 0.15) is 30.6 Å². The summed E-state index contributed by atoms with van der Waals surface area (Å²) in [6, 6.07) is 6.59. The first kappa shape index (κ1) is 16.7. The van der Waals surface area contributed by atoms with Crippen molar-refractivity contribution < 1.29 is 19.1 Å². The van der Waals surface area contributed by atoms with E-state index in [0.717, 1.165) is 6.42 Å². The summed E-state index contributed by atoms with van der Waals surface area (Å²) >= 11 is 0. The van der Waals surface area contributed by atoms with E-state index in [0.29, 0.717) is 17.9 Å². The number of ketones is 1. The van der Waals surface area contributed by atoms with Crippen LogP contribution in [-0.2, 0) is 9.59 Å². The molecule has 1 aromatic rings. The van der Waals surface area contributed by atoms with Crippen molar-refractivity contribution >= 4 is 17.6 Å². The second-order valence-electron chi connectivity index (χ2n) is 4.50. The average Bonchev–Trinajstić information content (AvgIpc) is 2.49. The molecule has 0 radical (unpaired) electrons. The largest absolute Gasteiger partial charge is 0.484 e. The predicted molar refractivity (Wildman–Crippen MR) is 78.3 cm³/mol. The minimum Gasteiger partial charge on any atom is -0.484 e. The molecule has 0 heterocycles. The SMILES string of the molecule is CCCNC(=O)CNC(=O)COc1cccc(C(C)=O)c1.